The summed E-state index contributed by atoms with van der Waals surface area (Å²) in [5.74, 6) is 0.250. The first kappa shape index (κ1) is 30.1. The fourth-order valence-electron chi connectivity index (χ4n) is 3.97. The predicted octanol–water partition coefficient (Wildman–Crippen LogP) is 3.46. The molecule has 0 atom stereocenters. The summed E-state index contributed by atoms with van der Waals surface area (Å²) in [6.07, 6.45) is 18.3. The van der Waals surface area contributed by atoms with Crippen LogP contribution in [0.4, 0.5) is 0 Å². The van der Waals surface area contributed by atoms with Crippen LogP contribution in [-0.2, 0) is 4.79 Å². The lowest BCUT2D eigenvalue weighted by Gasteiger charge is -2.35. The third-order valence-corrected chi connectivity index (χ3v) is 6.43. The number of likely N-dealkylation sites (N-methyl/N-ethyl adjacent to an activating group) is 1. The Labute approximate surface area is 187 Å². The molecular formula is C24H51BrN2O. The quantitative estimate of drug-likeness (QED) is 0.217. The van der Waals surface area contributed by atoms with Gasteiger partial charge in [-0.25, -0.2) is 0 Å². The molecule has 4 heteroatoms. The molecule has 0 aliphatic carbocycles. The Bertz CT molecular complexity index is 324. The lowest BCUT2D eigenvalue weighted by molar-refractivity contribution is -0.922. The van der Waals surface area contributed by atoms with Crippen LogP contribution >= 0.6 is 0 Å². The van der Waals surface area contributed by atoms with Gasteiger partial charge in [0.15, 0.2) is 0 Å². The van der Waals surface area contributed by atoms with Crippen LogP contribution in [0.3, 0.4) is 0 Å². The zero-order valence-electron chi connectivity index (χ0n) is 19.7. The van der Waals surface area contributed by atoms with Crippen LogP contribution in [-0.4, -0.2) is 43.1 Å². The van der Waals surface area contributed by atoms with Gasteiger partial charge in [-0.2, -0.15) is 0 Å². The van der Waals surface area contributed by atoms with E-state index in [1.165, 1.54) is 77.0 Å². The maximum absolute atomic E-state index is 12.0. The van der Waals surface area contributed by atoms with Crippen LogP contribution in [0.25, 0.3) is 0 Å². The maximum Gasteiger partial charge on any atom is 0.220 e. The summed E-state index contributed by atoms with van der Waals surface area (Å²) in [4.78, 5) is 12.0. The Morgan fingerprint density at radius 3 is 1.43 bits per heavy atom. The number of quaternary nitrogens is 1. The molecule has 28 heavy (non-hydrogen) atoms. The zero-order valence-corrected chi connectivity index (χ0v) is 21.3. The molecule has 1 amide bonds. The van der Waals surface area contributed by atoms with Gasteiger partial charge in [0.05, 0.1) is 32.7 Å². The Morgan fingerprint density at radius 2 is 1.04 bits per heavy atom. The summed E-state index contributed by atoms with van der Waals surface area (Å²) in [5, 5.41) is 3.13. The standard InChI is InChI=1S/C24H50N2O.BrH/c1-5-9-10-11-12-13-14-15-16-17-18-19-20-21-24(27)25-22-23-26(6-2,7-3)8-4;/h5-23H2,1-4H3;1H. The van der Waals surface area contributed by atoms with Gasteiger partial charge in [0.2, 0.25) is 5.91 Å². The highest BCUT2D eigenvalue weighted by Crippen LogP contribution is 2.13. The van der Waals surface area contributed by atoms with Crippen molar-refractivity contribution in [3.63, 3.8) is 0 Å². The molecule has 0 aromatic rings. The summed E-state index contributed by atoms with van der Waals surface area (Å²) >= 11 is 0. The molecule has 0 fully saturated rings. The molecule has 0 spiro atoms. The van der Waals surface area contributed by atoms with Gasteiger partial charge in [0.1, 0.15) is 0 Å². The smallest absolute Gasteiger partial charge is 0.220 e. The van der Waals surface area contributed by atoms with Gasteiger partial charge in [-0.15, -0.1) is 0 Å². The van der Waals surface area contributed by atoms with E-state index in [1.54, 1.807) is 0 Å². The van der Waals surface area contributed by atoms with E-state index in [0.29, 0.717) is 6.42 Å². The number of carbonyl (C=O) groups excluding carboxylic acids is 1. The molecule has 1 N–H and O–H groups in total. The van der Waals surface area contributed by atoms with Crippen LogP contribution < -0.4 is 22.3 Å². The molecule has 0 saturated carbocycles. The van der Waals surface area contributed by atoms with Crippen LogP contribution in [0.5, 0.6) is 0 Å². The fourth-order valence-corrected chi connectivity index (χ4v) is 3.97. The molecule has 3 nitrogen and oxygen atoms in total. The van der Waals surface area contributed by atoms with E-state index in [4.69, 9.17) is 0 Å². The number of hydrogen-bond acceptors (Lipinski definition) is 1. The minimum Gasteiger partial charge on any atom is -1.00 e. The minimum absolute atomic E-state index is 0. The van der Waals surface area contributed by atoms with Crippen LogP contribution in [0.15, 0.2) is 0 Å². The number of rotatable bonds is 20. The first-order valence-electron chi connectivity index (χ1n) is 12.3. The number of amides is 1. The van der Waals surface area contributed by atoms with Gasteiger partial charge in [0.25, 0.3) is 0 Å². The first-order chi connectivity index (χ1) is 13.1. The molecular weight excluding hydrogens is 412 g/mol. The largest absolute Gasteiger partial charge is 1.00 e. The highest BCUT2D eigenvalue weighted by Gasteiger charge is 2.20. The molecule has 0 aromatic heterocycles. The van der Waals surface area contributed by atoms with Crippen molar-refractivity contribution in [1.82, 2.24) is 5.32 Å². The van der Waals surface area contributed by atoms with Crippen LogP contribution in [0.2, 0.25) is 0 Å². The van der Waals surface area contributed by atoms with Crippen molar-refractivity contribution in [2.24, 2.45) is 0 Å². The fraction of sp³-hybridized carbons (Fsp3) is 0.958. The Balaban J connectivity index is 0. The van der Waals surface area contributed by atoms with Crippen molar-refractivity contribution in [3.8, 4) is 0 Å². The molecule has 0 aliphatic heterocycles. The topological polar surface area (TPSA) is 29.1 Å². The molecule has 0 aliphatic rings. The van der Waals surface area contributed by atoms with Crippen molar-refractivity contribution in [3.05, 3.63) is 0 Å². The van der Waals surface area contributed by atoms with E-state index < -0.39 is 0 Å². The van der Waals surface area contributed by atoms with Gasteiger partial charge in [-0.1, -0.05) is 84.0 Å². The van der Waals surface area contributed by atoms with Gasteiger partial charge in [0, 0.05) is 6.42 Å². The SMILES string of the molecule is CCCCCCCCCCCCCCCC(=O)NCC[N+](CC)(CC)CC.[Br-]. The molecule has 0 rings (SSSR count). The Morgan fingerprint density at radius 1 is 0.643 bits per heavy atom. The van der Waals surface area contributed by atoms with E-state index in [1.807, 2.05) is 0 Å². The summed E-state index contributed by atoms with van der Waals surface area (Å²) in [7, 11) is 0. The third kappa shape index (κ3) is 16.8. The third-order valence-electron chi connectivity index (χ3n) is 6.43. The van der Waals surface area contributed by atoms with Crippen molar-refractivity contribution in [2.45, 2.75) is 118 Å². The van der Waals surface area contributed by atoms with E-state index in [9.17, 15) is 4.79 Å². The van der Waals surface area contributed by atoms with Crippen molar-refractivity contribution >= 4 is 5.91 Å². The second-order valence-corrected chi connectivity index (χ2v) is 8.36. The van der Waals surface area contributed by atoms with Gasteiger partial charge in [-0.05, 0) is 27.2 Å². The lowest BCUT2D eigenvalue weighted by Crippen LogP contribution is -3.00. The minimum atomic E-state index is 0. The normalized spacial score (nSPS) is 11.3. The summed E-state index contributed by atoms with van der Waals surface area (Å²) in [6, 6.07) is 0. The van der Waals surface area contributed by atoms with Crippen molar-refractivity contribution in [1.29, 1.82) is 0 Å². The number of unbranched alkanes of at least 4 members (excludes halogenated alkanes) is 12. The van der Waals surface area contributed by atoms with Gasteiger partial charge >= 0.3 is 0 Å². The van der Waals surface area contributed by atoms with Crippen LogP contribution in [0, 0.1) is 0 Å². The Kier molecular flexibility index (Phi) is 23.2. The van der Waals surface area contributed by atoms with Gasteiger partial charge in [-0.3, -0.25) is 4.79 Å². The second kappa shape index (κ2) is 21.6. The van der Waals surface area contributed by atoms with Crippen molar-refractivity contribution in [2.75, 3.05) is 32.7 Å². The van der Waals surface area contributed by atoms with E-state index in [-0.39, 0.29) is 22.9 Å². The van der Waals surface area contributed by atoms with E-state index in [0.717, 1.165) is 43.6 Å². The number of halogens is 1. The van der Waals surface area contributed by atoms with Gasteiger partial charge < -0.3 is 26.8 Å². The van der Waals surface area contributed by atoms with Crippen molar-refractivity contribution < 1.29 is 26.3 Å². The molecule has 0 heterocycles. The molecule has 170 valence electrons. The van der Waals surface area contributed by atoms with E-state index in [2.05, 4.69) is 33.0 Å². The van der Waals surface area contributed by atoms with E-state index >= 15 is 0 Å². The summed E-state index contributed by atoms with van der Waals surface area (Å²) in [5.41, 5.74) is 0. The number of nitrogens with one attached hydrogen (secondary N) is 1. The highest BCUT2D eigenvalue weighted by atomic mass is 79.9. The van der Waals surface area contributed by atoms with Crippen LogP contribution in [0.1, 0.15) is 118 Å². The average Bonchev–Trinajstić information content (AvgIpc) is 2.69. The number of nitrogens with zero attached hydrogens (tertiary/aromatic N) is 1. The first-order valence-corrected chi connectivity index (χ1v) is 12.3. The summed E-state index contributed by atoms with van der Waals surface area (Å²) < 4.78 is 1.11. The molecule has 0 saturated heterocycles. The molecule has 0 aromatic carbocycles. The predicted molar refractivity (Wildman–Crippen MR) is 120 cm³/mol. The zero-order chi connectivity index (χ0) is 20.2. The Hall–Kier alpha value is -0.0900. The number of carbonyl (C=O) groups is 1. The molecule has 0 unspecified atom stereocenters. The number of hydrogen-bond donors (Lipinski definition) is 1. The lowest BCUT2D eigenvalue weighted by atomic mass is 10.0. The maximum atomic E-state index is 12.0. The second-order valence-electron chi connectivity index (χ2n) is 8.36. The molecule has 0 bridgehead atoms. The monoisotopic (exact) mass is 462 g/mol. The highest BCUT2D eigenvalue weighted by molar-refractivity contribution is 5.75. The molecule has 0 radical (unpaired) electrons. The summed E-state index contributed by atoms with van der Waals surface area (Å²) in [6.45, 7) is 14.4. The average molecular weight is 464 g/mol.